The zero-order chi connectivity index (χ0) is 10.3. The number of fused-ring (bicyclic) bond motifs is 1. The Labute approximate surface area is 91.5 Å². The number of hydrogen-bond acceptors (Lipinski definition) is 4. The normalized spacial score (nSPS) is 20.1. The average molecular weight is 220 g/mol. The minimum absolute atomic E-state index is 0.340. The highest BCUT2D eigenvalue weighted by Gasteiger charge is 2.25. The van der Waals surface area contributed by atoms with Crippen LogP contribution in [0.2, 0.25) is 0 Å². The third-order valence-corrected chi connectivity index (χ3v) is 3.90. The molecule has 1 atom stereocenters. The van der Waals surface area contributed by atoms with Gasteiger partial charge < -0.3 is 5.73 Å². The van der Waals surface area contributed by atoms with Crippen LogP contribution in [0.15, 0.2) is 11.4 Å². The number of nitrogen functional groups attached to an aromatic ring is 1. The number of nitrogens with two attached hydrogens (primary N) is 1. The number of anilines is 1. The lowest BCUT2D eigenvalue weighted by atomic mass is 9.87. The number of aromatic nitrogens is 3. The Morgan fingerprint density at radius 1 is 1.53 bits per heavy atom. The highest BCUT2D eigenvalue weighted by molar-refractivity contribution is 7.10. The molecule has 0 amide bonds. The number of aryl methyl sites for hydroxylation is 1. The van der Waals surface area contributed by atoms with Gasteiger partial charge in [0.1, 0.15) is 5.82 Å². The Hall–Kier alpha value is -1.36. The van der Waals surface area contributed by atoms with Crippen LogP contribution < -0.4 is 5.73 Å². The van der Waals surface area contributed by atoms with Gasteiger partial charge in [0.05, 0.1) is 0 Å². The molecule has 1 unspecified atom stereocenters. The van der Waals surface area contributed by atoms with Crippen LogP contribution in [0.25, 0.3) is 0 Å². The van der Waals surface area contributed by atoms with Crippen molar-refractivity contribution in [2.24, 2.45) is 0 Å². The first kappa shape index (κ1) is 8.91. The predicted octanol–water partition coefficient (Wildman–Crippen LogP) is 1.92. The number of nitrogens with one attached hydrogen (secondary N) is 1. The van der Waals surface area contributed by atoms with E-state index in [0.717, 1.165) is 12.2 Å². The van der Waals surface area contributed by atoms with E-state index in [1.165, 1.54) is 23.3 Å². The van der Waals surface area contributed by atoms with Crippen molar-refractivity contribution in [2.45, 2.75) is 25.2 Å². The van der Waals surface area contributed by atoms with Crippen LogP contribution in [-0.4, -0.2) is 15.2 Å². The summed E-state index contributed by atoms with van der Waals surface area (Å²) in [6.45, 7) is 0. The van der Waals surface area contributed by atoms with Gasteiger partial charge in [-0.05, 0) is 36.3 Å². The average Bonchev–Trinajstić information content (AvgIpc) is 2.84. The van der Waals surface area contributed by atoms with E-state index < -0.39 is 0 Å². The first-order valence-electron chi connectivity index (χ1n) is 5.08. The van der Waals surface area contributed by atoms with E-state index in [1.54, 1.807) is 0 Å². The van der Waals surface area contributed by atoms with Gasteiger partial charge in [0.15, 0.2) is 0 Å². The fourth-order valence-electron chi connectivity index (χ4n) is 2.21. The van der Waals surface area contributed by atoms with Gasteiger partial charge in [-0.25, -0.2) is 0 Å². The van der Waals surface area contributed by atoms with Crippen LogP contribution in [0.4, 0.5) is 5.95 Å². The van der Waals surface area contributed by atoms with Crippen LogP contribution in [-0.2, 0) is 6.42 Å². The van der Waals surface area contributed by atoms with Crippen molar-refractivity contribution in [3.05, 3.63) is 27.7 Å². The van der Waals surface area contributed by atoms with Crippen molar-refractivity contribution in [3.8, 4) is 0 Å². The first-order valence-corrected chi connectivity index (χ1v) is 5.96. The van der Waals surface area contributed by atoms with E-state index in [-0.39, 0.29) is 0 Å². The number of nitrogens with zero attached hydrogens (tertiary/aromatic N) is 2. The molecule has 0 fully saturated rings. The summed E-state index contributed by atoms with van der Waals surface area (Å²) in [6, 6.07) is 2.20. The van der Waals surface area contributed by atoms with Crippen LogP contribution in [0, 0.1) is 0 Å². The standard InChI is InChI=1S/C10H12N4S/c11-10-12-9(13-14-10)7-2-1-3-8-6(7)4-5-15-8/h4-5,7H,1-3H2,(H3,11,12,13,14). The molecule has 0 aromatic carbocycles. The van der Waals surface area contributed by atoms with Crippen LogP contribution in [0.3, 0.4) is 0 Å². The van der Waals surface area contributed by atoms with Crippen molar-refractivity contribution in [2.75, 3.05) is 5.73 Å². The molecule has 0 radical (unpaired) electrons. The molecular weight excluding hydrogens is 208 g/mol. The molecule has 5 heteroatoms. The van der Waals surface area contributed by atoms with Crippen molar-refractivity contribution >= 4 is 17.3 Å². The second kappa shape index (κ2) is 3.34. The summed E-state index contributed by atoms with van der Waals surface area (Å²) in [5.74, 6) is 1.61. The largest absolute Gasteiger partial charge is 0.367 e. The minimum atomic E-state index is 0.340. The van der Waals surface area contributed by atoms with Gasteiger partial charge in [-0.2, -0.15) is 4.98 Å². The quantitative estimate of drug-likeness (QED) is 0.771. The maximum atomic E-state index is 5.53. The number of rotatable bonds is 1. The van der Waals surface area contributed by atoms with Crippen molar-refractivity contribution in [1.82, 2.24) is 15.2 Å². The van der Waals surface area contributed by atoms with Gasteiger partial charge in [-0.15, -0.1) is 16.4 Å². The van der Waals surface area contributed by atoms with Gasteiger partial charge in [0, 0.05) is 10.8 Å². The Morgan fingerprint density at radius 2 is 2.47 bits per heavy atom. The van der Waals surface area contributed by atoms with Gasteiger partial charge in [-0.1, -0.05) is 0 Å². The molecule has 1 aliphatic rings. The molecule has 0 bridgehead atoms. The lowest BCUT2D eigenvalue weighted by molar-refractivity contribution is 0.600. The Morgan fingerprint density at radius 3 is 3.27 bits per heavy atom. The maximum absolute atomic E-state index is 5.53. The predicted molar refractivity (Wildman–Crippen MR) is 59.9 cm³/mol. The molecular formula is C10H12N4S. The third-order valence-electron chi connectivity index (χ3n) is 2.90. The molecule has 3 N–H and O–H groups in total. The Balaban J connectivity index is 2.02. The molecule has 0 saturated carbocycles. The summed E-state index contributed by atoms with van der Waals surface area (Å²) in [7, 11) is 0. The molecule has 0 spiro atoms. The fourth-order valence-corrected chi connectivity index (χ4v) is 3.20. The lowest BCUT2D eigenvalue weighted by Crippen LogP contribution is -2.10. The van der Waals surface area contributed by atoms with Gasteiger partial charge >= 0.3 is 0 Å². The number of thiophene rings is 1. The number of hydrogen-bond donors (Lipinski definition) is 2. The number of H-pyrrole nitrogens is 1. The SMILES string of the molecule is Nc1n[nH]c(C2CCCc3sccc32)n1. The van der Waals surface area contributed by atoms with Crippen molar-refractivity contribution in [1.29, 1.82) is 0 Å². The molecule has 3 rings (SSSR count). The van der Waals surface area contributed by atoms with Gasteiger partial charge in [-0.3, -0.25) is 5.10 Å². The smallest absolute Gasteiger partial charge is 0.239 e. The Bertz CT molecular complexity index is 473. The van der Waals surface area contributed by atoms with E-state index in [9.17, 15) is 0 Å². The molecule has 4 nitrogen and oxygen atoms in total. The summed E-state index contributed by atoms with van der Waals surface area (Å²) in [5, 5.41) is 8.97. The van der Waals surface area contributed by atoms with Crippen LogP contribution >= 0.6 is 11.3 Å². The monoisotopic (exact) mass is 220 g/mol. The van der Waals surface area contributed by atoms with E-state index in [4.69, 9.17) is 5.73 Å². The summed E-state index contributed by atoms with van der Waals surface area (Å²) in [5.41, 5.74) is 6.93. The number of aromatic amines is 1. The van der Waals surface area contributed by atoms with Gasteiger partial charge in [0.2, 0.25) is 5.95 Å². The molecule has 78 valence electrons. The minimum Gasteiger partial charge on any atom is -0.367 e. The zero-order valence-electron chi connectivity index (χ0n) is 8.23. The summed E-state index contributed by atoms with van der Waals surface area (Å²) in [4.78, 5) is 5.72. The van der Waals surface area contributed by atoms with Crippen molar-refractivity contribution < 1.29 is 0 Å². The summed E-state index contributed by atoms with van der Waals surface area (Å²) < 4.78 is 0. The lowest BCUT2D eigenvalue weighted by Gasteiger charge is -2.19. The molecule has 0 saturated heterocycles. The van der Waals surface area contributed by atoms with E-state index in [2.05, 4.69) is 26.6 Å². The molecule has 0 aliphatic heterocycles. The highest BCUT2D eigenvalue weighted by atomic mass is 32.1. The van der Waals surface area contributed by atoms with E-state index in [0.29, 0.717) is 11.9 Å². The van der Waals surface area contributed by atoms with Crippen LogP contribution in [0.5, 0.6) is 0 Å². The molecule has 2 heterocycles. The molecule has 2 aromatic rings. The zero-order valence-corrected chi connectivity index (χ0v) is 9.05. The maximum Gasteiger partial charge on any atom is 0.239 e. The second-order valence-corrected chi connectivity index (χ2v) is 4.82. The summed E-state index contributed by atoms with van der Waals surface area (Å²) >= 11 is 1.84. The molecule has 2 aromatic heterocycles. The topological polar surface area (TPSA) is 67.6 Å². The molecule has 15 heavy (non-hydrogen) atoms. The second-order valence-electron chi connectivity index (χ2n) is 3.82. The fraction of sp³-hybridized carbons (Fsp3) is 0.400. The summed E-state index contributed by atoms with van der Waals surface area (Å²) in [6.07, 6.45) is 3.56. The van der Waals surface area contributed by atoms with Crippen LogP contribution in [0.1, 0.15) is 35.0 Å². The first-order chi connectivity index (χ1) is 7.34. The van der Waals surface area contributed by atoms with E-state index in [1.807, 2.05) is 11.3 Å². The van der Waals surface area contributed by atoms with Crippen molar-refractivity contribution in [3.63, 3.8) is 0 Å². The third kappa shape index (κ3) is 1.43. The van der Waals surface area contributed by atoms with Gasteiger partial charge in [0.25, 0.3) is 0 Å². The highest BCUT2D eigenvalue weighted by Crippen LogP contribution is 2.37. The molecule has 1 aliphatic carbocycles. The Kier molecular flexibility index (Phi) is 1.98. The van der Waals surface area contributed by atoms with E-state index >= 15 is 0 Å².